The molecule has 8 nitrogen and oxygen atoms in total. The molecule has 0 saturated carbocycles. The molecule has 0 aliphatic carbocycles. The first-order valence-corrected chi connectivity index (χ1v) is 11.5. The fourth-order valence-electron chi connectivity index (χ4n) is 4.00. The predicted octanol–water partition coefficient (Wildman–Crippen LogP) is 5.03. The third kappa shape index (κ3) is 5.10. The number of nitrogens with one attached hydrogen (secondary N) is 2. The monoisotopic (exact) mass is 489 g/mol. The van der Waals surface area contributed by atoms with E-state index in [1.54, 1.807) is 30.3 Å². The first-order valence-electron chi connectivity index (χ1n) is 11.5. The first kappa shape index (κ1) is 23.2. The number of urea groups is 1. The van der Waals surface area contributed by atoms with Gasteiger partial charge in [-0.1, -0.05) is 6.07 Å². The van der Waals surface area contributed by atoms with E-state index in [0.717, 1.165) is 10.9 Å². The summed E-state index contributed by atoms with van der Waals surface area (Å²) in [6.45, 7) is 2.79. The van der Waals surface area contributed by atoms with Gasteiger partial charge in [0, 0.05) is 28.7 Å². The van der Waals surface area contributed by atoms with Gasteiger partial charge in [0.15, 0.2) is 11.5 Å². The number of benzene rings is 3. The van der Waals surface area contributed by atoms with Crippen LogP contribution in [0.1, 0.15) is 18.1 Å². The van der Waals surface area contributed by atoms with E-state index in [1.807, 2.05) is 19.1 Å². The number of aromatic nitrogens is 1. The topological polar surface area (TPSA) is 92.9 Å². The number of halogens is 1. The van der Waals surface area contributed by atoms with Crippen LogP contribution in [0.3, 0.4) is 0 Å². The Bertz CT molecular complexity index is 1470. The van der Waals surface area contributed by atoms with Crippen LogP contribution in [0.15, 0.2) is 71.5 Å². The van der Waals surface area contributed by atoms with E-state index < -0.39 is 11.8 Å². The molecule has 1 aliphatic heterocycles. The maximum absolute atomic E-state index is 13.3. The summed E-state index contributed by atoms with van der Waals surface area (Å²) in [5.74, 6) is 1.52. The van der Waals surface area contributed by atoms with Gasteiger partial charge in [-0.3, -0.25) is 4.79 Å². The molecule has 0 saturated heterocycles. The Kier molecular flexibility index (Phi) is 6.44. The molecule has 0 unspecified atom stereocenters. The quantitative estimate of drug-likeness (QED) is 0.380. The van der Waals surface area contributed by atoms with Crippen molar-refractivity contribution in [1.29, 1.82) is 0 Å². The molecule has 2 N–H and O–H groups in total. The number of H-pyrrole nitrogens is 1. The van der Waals surface area contributed by atoms with Crippen molar-refractivity contribution in [2.45, 2.75) is 20.0 Å². The maximum atomic E-state index is 13.3. The highest BCUT2D eigenvalue weighted by Gasteiger charge is 2.20. The van der Waals surface area contributed by atoms with Crippen molar-refractivity contribution in [3.63, 3.8) is 0 Å². The van der Waals surface area contributed by atoms with Gasteiger partial charge in [-0.2, -0.15) is 0 Å². The zero-order valence-electron chi connectivity index (χ0n) is 19.5. The second-order valence-corrected chi connectivity index (χ2v) is 8.29. The number of amides is 2. The fraction of sp³-hybridized carbons (Fsp3) is 0.185. The van der Waals surface area contributed by atoms with E-state index in [2.05, 4.69) is 10.3 Å². The van der Waals surface area contributed by atoms with Crippen LogP contribution in [0.5, 0.6) is 17.2 Å². The number of carbonyl (C=O) groups is 1. The average molecular weight is 490 g/mol. The Balaban J connectivity index is 1.45. The lowest BCUT2D eigenvalue weighted by Gasteiger charge is -2.23. The van der Waals surface area contributed by atoms with Gasteiger partial charge in [0.05, 0.1) is 13.2 Å². The van der Waals surface area contributed by atoms with Crippen LogP contribution in [0.25, 0.3) is 10.9 Å². The predicted molar refractivity (Wildman–Crippen MR) is 133 cm³/mol. The smallest absolute Gasteiger partial charge is 0.322 e. The Hall–Kier alpha value is -4.53. The number of fused-ring (bicyclic) bond motifs is 2. The average Bonchev–Trinajstić information content (AvgIpc) is 3.34. The van der Waals surface area contributed by atoms with Gasteiger partial charge >= 0.3 is 6.03 Å². The van der Waals surface area contributed by atoms with E-state index >= 15 is 0 Å². The maximum Gasteiger partial charge on any atom is 0.322 e. The molecule has 1 aromatic heterocycles. The Morgan fingerprint density at radius 2 is 1.83 bits per heavy atom. The lowest BCUT2D eigenvalue weighted by atomic mass is 10.1. The standard InChI is InChI=1S/C27H24FN3O5/c1-2-34-22-8-9-23-18(13-22)12-19(26(32)30-23)15-31(27(33)29-21-6-4-20(28)5-7-21)14-17-3-10-24-25(11-17)36-16-35-24/h3-13H,2,14-16H2,1H3,(H,29,33)(H,30,32). The zero-order valence-corrected chi connectivity index (χ0v) is 19.5. The minimum absolute atomic E-state index is 0.0333. The van der Waals surface area contributed by atoms with Crippen molar-refractivity contribution in [1.82, 2.24) is 9.88 Å². The van der Waals surface area contributed by atoms with Gasteiger partial charge in [-0.25, -0.2) is 9.18 Å². The summed E-state index contributed by atoms with van der Waals surface area (Å²) in [5.41, 5.74) is 2.02. The molecule has 0 radical (unpaired) electrons. The summed E-state index contributed by atoms with van der Waals surface area (Å²) in [6.07, 6.45) is 0. The van der Waals surface area contributed by atoms with Crippen molar-refractivity contribution in [3.05, 3.63) is 94.0 Å². The molecule has 36 heavy (non-hydrogen) atoms. The number of nitrogens with zero attached hydrogens (tertiary/aromatic N) is 1. The number of hydrogen-bond donors (Lipinski definition) is 2. The molecule has 9 heteroatoms. The van der Waals surface area contributed by atoms with E-state index in [0.29, 0.717) is 40.6 Å². The molecule has 1 aliphatic rings. The highest BCUT2D eigenvalue weighted by molar-refractivity contribution is 5.89. The Morgan fingerprint density at radius 1 is 1.03 bits per heavy atom. The third-order valence-electron chi connectivity index (χ3n) is 5.76. The molecule has 0 fully saturated rings. The van der Waals surface area contributed by atoms with E-state index in [4.69, 9.17) is 14.2 Å². The van der Waals surface area contributed by atoms with Crippen molar-refractivity contribution in [2.24, 2.45) is 0 Å². The highest BCUT2D eigenvalue weighted by atomic mass is 19.1. The largest absolute Gasteiger partial charge is 0.494 e. The molecule has 184 valence electrons. The zero-order chi connectivity index (χ0) is 25.1. The Labute approximate surface area is 206 Å². The second kappa shape index (κ2) is 9.99. The molecule has 2 amide bonds. The summed E-state index contributed by atoms with van der Waals surface area (Å²) < 4.78 is 29.7. The van der Waals surface area contributed by atoms with Gasteiger partial charge in [0.2, 0.25) is 6.79 Å². The van der Waals surface area contributed by atoms with Crippen molar-refractivity contribution < 1.29 is 23.4 Å². The third-order valence-corrected chi connectivity index (χ3v) is 5.76. The van der Waals surface area contributed by atoms with Crippen LogP contribution in [0.2, 0.25) is 0 Å². The lowest BCUT2D eigenvalue weighted by Crippen LogP contribution is -2.35. The van der Waals surface area contributed by atoms with Crippen LogP contribution in [-0.4, -0.2) is 29.3 Å². The number of anilines is 1. The van der Waals surface area contributed by atoms with Gasteiger partial charge < -0.3 is 29.4 Å². The van der Waals surface area contributed by atoms with Gasteiger partial charge in [-0.05, 0) is 73.2 Å². The number of ether oxygens (including phenoxy) is 3. The van der Waals surface area contributed by atoms with Gasteiger partial charge in [-0.15, -0.1) is 0 Å². The molecular weight excluding hydrogens is 465 g/mol. The molecule has 5 rings (SSSR count). The molecule has 2 heterocycles. The minimum atomic E-state index is -0.443. The fourth-order valence-corrected chi connectivity index (χ4v) is 4.00. The van der Waals surface area contributed by atoms with Crippen molar-refractivity contribution >= 4 is 22.6 Å². The van der Waals surface area contributed by atoms with Crippen LogP contribution in [0, 0.1) is 5.82 Å². The summed E-state index contributed by atoms with van der Waals surface area (Å²) >= 11 is 0. The van der Waals surface area contributed by atoms with Crippen LogP contribution >= 0.6 is 0 Å². The van der Waals surface area contributed by atoms with Crippen LogP contribution < -0.4 is 25.1 Å². The molecule has 3 aromatic carbocycles. The number of hydrogen-bond acceptors (Lipinski definition) is 5. The number of aromatic amines is 1. The highest BCUT2D eigenvalue weighted by Crippen LogP contribution is 2.33. The van der Waals surface area contributed by atoms with Crippen LogP contribution in [0.4, 0.5) is 14.9 Å². The molecular formula is C27H24FN3O5. The normalized spacial score (nSPS) is 11.9. The second-order valence-electron chi connectivity index (χ2n) is 8.29. The SMILES string of the molecule is CCOc1ccc2[nH]c(=O)c(CN(Cc3ccc4c(c3)OCO4)C(=O)Nc3ccc(F)cc3)cc2c1. The summed E-state index contributed by atoms with van der Waals surface area (Å²) in [7, 11) is 0. The molecule has 0 spiro atoms. The van der Waals surface area contributed by atoms with Gasteiger partial charge in [0.25, 0.3) is 5.56 Å². The van der Waals surface area contributed by atoms with Crippen LogP contribution in [-0.2, 0) is 13.1 Å². The van der Waals surface area contributed by atoms with Crippen molar-refractivity contribution in [2.75, 3.05) is 18.7 Å². The summed E-state index contributed by atoms with van der Waals surface area (Å²) in [6, 6.07) is 17.7. The van der Waals surface area contributed by atoms with E-state index in [-0.39, 0.29) is 25.4 Å². The summed E-state index contributed by atoms with van der Waals surface area (Å²) in [4.78, 5) is 30.5. The first-order chi connectivity index (χ1) is 17.5. The number of rotatable bonds is 7. The minimum Gasteiger partial charge on any atom is -0.494 e. The molecule has 4 aromatic rings. The molecule has 0 bridgehead atoms. The van der Waals surface area contributed by atoms with Crippen molar-refractivity contribution in [3.8, 4) is 17.2 Å². The lowest BCUT2D eigenvalue weighted by molar-refractivity contribution is 0.174. The Morgan fingerprint density at radius 3 is 2.64 bits per heavy atom. The van der Waals surface area contributed by atoms with Gasteiger partial charge in [0.1, 0.15) is 11.6 Å². The molecule has 0 atom stereocenters. The van der Waals surface area contributed by atoms with E-state index in [9.17, 15) is 14.0 Å². The van der Waals surface area contributed by atoms with E-state index in [1.165, 1.54) is 29.2 Å². The number of pyridine rings is 1. The number of carbonyl (C=O) groups excluding carboxylic acids is 1. The summed E-state index contributed by atoms with van der Waals surface area (Å²) in [5, 5.41) is 3.57.